The summed E-state index contributed by atoms with van der Waals surface area (Å²) in [7, 11) is 0. The largest absolute Gasteiger partial charge is 0.416 e. The molecule has 2 aromatic carbocycles. The van der Waals surface area contributed by atoms with Gasteiger partial charge < -0.3 is 15.0 Å². The molecule has 1 aliphatic rings. The lowest BCUT2D eigenvalue weighted by atomic mass is 10.1. The SMILES string of the molecule is O[C@@H]1CNCCC[C@H]1n1c2ccccc2c2cc(C(F)(F)F)ccc21. The Morgan fingerprint density at radius 1 is 1.04 bits per heavy atom. The number of halogens is 3. The van der Waals surface area contributed by atoms with Gasteiger partial charge in [-0.05, 0) is 43.7 Å². The maximum Gasteiger partial charge on any atom is 0.416 e. The number of rotatable bonds is 1. The second-order valence-corrected chi connectivity index (χ2v) is 6.60. The van der Waals surface area contributed by atoms with E-state index in [0.717, 1.165) is 41.9 Å². The maximum absolute atomic E-state index is 13.1. The van der Waals surface area contributed by atoms with Crippen LogP contribution in [0.5, 0.6) is 0 Å². The highest BCUT2D eigenvalue weighted by atomic mass is 19.4. The van der Waals surface area contributed by atoms with E-state index < -0.39 is 17.8 Å². The Hall–Kier alpha value is -2.05. The number of aliphatic hydroxyl groups excluding tert-OH is 1. The number of hydrogen-bond donors (Lipinski definition) is 2. The van der Waals surface area contributed by atoms with Crippen molar-refractivity contribution in [1.82, 2.24) is 9.88 Å². The van der Waals surface area contributed by atoms with Gasteiger partial charge in [0.1, 0.15) is 0 Å². The topological polar surface area (TPSA) is 37.2 Å². The molecule has 0 unspecified atom stereocenters. The van der Waals surface area contributed by atoms with Gasteiger partial charge in [-0.3, -0.25) is 0 Å². The maximum atomic E-state index is 13.1. The first-order chi connectivity index (χ1) is 12.0. The van der Waals surface area contributed by atoms with Crippen LogP contribution in [0.25, 0.3) is 21.8 Å². The first kappa shape index (κ1) is 16.4. The lowest BCUT2D eigenvalue weighted by Gasteiger charge is -2.24. The van der Waals surface area contributed by atoms with Crippen LogP contribution in [0.1, 0.15) is 24.4 Å². The van der Waals surface area contributed by atoms with E-state index in [4.69, 9.17) is 0 Å². The van der Waals surface area contributed by atoms with Crippen molar-refractivity contribution in [3.63, 3.8) is 0 Å². The molecular weight excluding hydrogens is 329 g/mol. The van der Waals surface area contributed by atoms with Crippen molar-refractivity contribution in [3.8, 4) is 0 Å². The van der Waals surface area contributed by atoms with Crippen LogP contribution >= 0.6 is 0 Å². The summed E-state index contributed by atoms with van der Waals surface area (Å²) in [5.41, 5.74) is 0.953. The summed E-state index contributed by atoms with van der Waals surface area (Å²) < 4.78 is 41.4. The Labute approximate surface area is 143 Å². The molecule has 0 aliphatic carbocycles. The van der Waals surface area contributed by atoms with E-state index in [1.54, 1.807) is 0 Å². The van der Waals surface area contributed by atoms with Crippen LogP contribution in [-0.2, 0) is 6.18 Å². The summed E-state index contributed by atoms with van der Waals surface area (Å²) in [5, 5.41) is 15.1. The summed E-state index contributed by atoms with van der Waals surface area (Å²) in [6.45, 7) is 1.32. The molecule has 2 atom stereocenters. The van der Waals surface area contributed by atoms with E-state index in [9.17, 15) is 18.3 Å². The molecule has 3 nitrogen and oxygen atoms in total. The van der Waals surface area contributed by atoms with Gasteiger partial charge in [0.2, 0.25) is 0 Å². The predicted octanol–water partition coefficient (Wildman–Crippen LogP) is 4.10. The average molecular weight is 348 g/mol. The van der Waals surface area contributed by atoms with Crippen molar-refractivity contribution >= 4 is 21.8 Å². The molecule has 0 saturated carbocycles. The fourth-order valence-electron chi connectivity index (χ4n) is 3.85. The molecule has 1 aliphatic heterocycles. The number of aromatic nitrogens is 1. The molecule has 0 bridgehead atoms. The molecule has 1 fully saturated rings. The van der Waals surface area contributed by atoms with Crippen LogP contribution in [0.2, 0.25) is 0 Å². The van der Waals surface area contributed by atoms with E-state index in [2.05, 4.69) is 5.32 Å². The van der Waals surface area contributed by atoms with Crippen molar-refractivity contribution in [2.75, 3.05) is 13.1 Å². The van der Waals surface area contributed by atoms with E-state index in [1.165, 1.54) is 12.1 Å². The molecule has 2 heterocycles. The highest BCUT2D eigenvalue weighted by Gasteiger charge is 2.32. The zero-order valence-electron chi connectivity index (χ0n) is 13.6. The Kier molecular flexibility index (Phi) is 3.96. The van der Waals surface area contributed by atoms with Gasteiger partial charge in [0.05, 0.1) is 17.7 Å². The minimum atomic E-state index is -4.37. The third-order valence-electron chi connectivity index (χ3n) is 5.02. The van der Waals surface area contributed by atoms with Crippen molar-refractivity contribution in [3.05, 3.63) is 48.0 Å². The number of nitrogens with zero attached hydrogens (tertiary/aromatic N) is 1. The lowest BCUT2D eigenvalue weighted by Crippen LogP contribution is -2.31. The van der Waals surface area contributed by atoms with Crippen LogP contribution in [0.3, 0.4) is 0 Å². The molecular formula is C19H19F3N2O. The van der Waals surface area contributed by atoms with Gasteiger partial charge in [-0.1, -0.05) is 18.2 Å². The standard InChI is InChI=1S/C19H19F3N2O/c20-19(21,22)12-7-8-16-14(10-12)13-4-1-2-5-15(13)24(16)17-6-3-9-23-11-18(17)25/h1-2,4-5,7-8,10,17-18,23,25H,3,6,9,11H2/t17-,18-/m1/s1. The number of para-hydroxylation sites is 1. The van der Waals surface area contributed by atoms with Crippen molar-refractivity contribution in [1.29, 1.82) is 0 Å². The third-order valence-corrected chi connectivity index (χ3v) is 5.02. The van der Waals surface area contributed by atoms with E-state index in [1.807, 2.05) is 28.8 Å². The number of β-amino-alcohol motifs (C(OH)–C–C–N with tert-alkyl or cyclic N) is 1. The van der Waals surface area contributed by atoms with Gasteiger partial charge >= 0.3 is 6.18 Å². The van der Waals surface area contributed by atoms with Crippen molar-refractivity contribution < 1.29 is 18.3 Å². The minimum absolute atomic E-state index is 0.158. The Morgan fingerprint density at radius 3 is 2.60 bits per heavy atom. The van der Waals surface area contributed by atoms with Crippen LogP contribution in [0, 0.1) is 0 Å². The van der Waals surface area contributed by atoms with E-state index >= 15 is 0 Å². The van der Waals surface area contributed by atoms with Crippen LogP contribution in [-0.4, -0.2) is 28.9 Å². The number of nitrogens with one attached hydrogen (secondary N) is 1. The molecule has 3 aromatic rings. The fourth-order valence-corrected chi connectivity index (χ4v) is 3.85. The molecule has 2 N–H and O–H groups in total. The molecule has 0 spiro atoms. The van der Waals surface area contributed by atoms with Crippen LogP contribution < -0.4 is 5.32 Å². The normalized spacial score (nSPS) is 22.4. The lowest BCUT2D eigenvalue weighted by molar-refractivity contribution is -0.137. The van der Waals surface area contributed by atoms with Crippen LogP contribution in [0.4, 0.5) is 13.2 Å². The second-order valence-electron chi connectivity index (χ2n) is 6.60. The minimum Gasteiger partial charge on any atom is -0.390 e. The van der Waals surface area contributed by atoms with Gasteiger partial charge in [-0.15, -0.1) is 0 Å². The smallest absolute Gasteiger partial charge is 0.390 e. The highest BCUT2D eigenvalue weighted by Crippen LogP contribution is 2.38. The number of benzene rings is 2. The Balaban J connectivity index is 1.99. The molecule has 1 saturated heterocycles. The van der Waals surface area contributed by atoms with E-state index in [0.29, 0.717) is 11.9 Å². The highest BCUT2D eigenvalue weighted by molar-refractivity contribution is 6.08. The number of hydrogen-bond acceptors (Lipinski definition) is 2. The van der Waals surface area contributed by atoms with Gasteiger partial charge in [0.25, 0.3) is 0 Å². The number of fused-ring (bicyclic) bond motifs is 3. The molecule has 6 heteroatoms. The monoisotopic (exact) mass is 348 g/mol. The number of aliphatic hydroxyl groups is 1. The zero-order chi connectivity index (χ0) is 17.6. The molecule has 4 rings (SSSR count). The van der Waals surface area contributed by atoms with Crippen molar-refractivity contribution in [2.24, 2.45) is 0 Å². The van der Waals surface area contributed by atoms with Gasteiger partial charge in [-0.25, -0.2) is 0 Å². The summed E-state index contributed by atoms with van der Waals surface area (Å²) in [6, 6.07) is 11.2. The van der Waals surface area contributed by atoms with Crippen molar-refractivity contribution in [2.45, 2.75) is 31.2 Å². The quantitative estimate of drug-likeness (QED) is 0.695. The van der Waals surface area contributed by atoms with E-state index in [-0.39, 0.29) is 6.04 Å². The summed E-state index contributed by atoms with van der Waals surface area (Å²) in [4.78, 5) is 0. The Bertz CT molecular complexity index is 916. The summed E-state index contributed by atoms with van der Waals surface area (Å²) >= 11 is 0. The summed E-state index contributed by atoms with van der Waals surface area (Å²) in [6.07, 6.45) is -3.26. The number of alkyl halides is 3. The second kappa shape index (κ2) is 6.04. The molecule has 132 valence electrons. The van der Waals surface area contributed by atoms with Gasteiger partial charge in [0.15, 0.2) is 0 Å². The molecule has 25 heavy (non-hydrogen) atoms. The Morgan fingerprint density at radius 2 is 1.80 bits per heavy atom. The predicted molar refractivity (Wildman–Crippen MR) is 91.6 cm³/mol. The van der Waals surface area contributed by atoms with Gasteiger partial charge in [-0.2, -0.15) is 13.2 Å². The molecule has 1 aromatic heterocycles. The fraction of sp³-hybridized carbons (Fsp3) is 0.368. The average Bonchev–Trinajstić information content (AvgIpc) is 2.76. The first-order valence-electron chi connectivity index (χ1n) is 8.45. The van der Waals surface area contributed by atoms with Crippen LogP contribution in [0.15, 0.2) is 42.5 Å². The third kappa shape index (κ3) is 2.79. The van der Waals surface area contributed by atoms with Gasteiger partial charge in [0, 0.05) is 28.4 Å². The summed E-state index contributed by atoms with van der Waals surface area (Å²) in [5.74, 6) is 0. The molecule has 0 radical (unpaired) electrons. The molecule has 0 amide bonds. The first-order valence-corrected chi connectivity index (χ1v) is 8.45. The zero-order valence-corrected chi connectivity index (χ0v) is 13.6.